The number of benzene rings is 1. The fraction of sp³-hybridized carbons (Fsp3) is 0.292. The number of aryl methyl sites for hydroxylation is 1. The van der Waals surface area contributed by atoms with Crippen molar-refractivity contribution in [2.24, 2.45) is 4.99 Å². The zero-order valence-corrected chi connectivity index (χ0v) is 18.9. The Bertz CT molecular complexity index is 1350. The van der Waals surface area contributed by atoms with Crippen molar-refractivity contribution in [1.29, 1.82) is 0 Å². The third kappa shape index (κ3) is 4.72. The molecule has 0 spiro atoms. The van der Waals surface area contributed by atoms with Crippen LogP contribution in [-0.4, -0.2) is 45.3 Å². The highest BCUT2D eigenvalue weighted by atomic mass is 19.1. The zero-order chi connectivity index (χ0) is 24.1. The van der Waals surface area contributed by atoms with E-state index in [2.05, 4.69) is 36.5 Å². The number of nitrogens with one attached hydrogen (secondary N) is 1. The Morgan fingerprint density at radius 2 is 2.12 bits per heavy atom. The van der Waals surface area contributed by atoms with Crippen LogP contribution < -0.4 is 11.1 Å². The van der Waals surface area contributed by atoms with Crippen molar-refractivity contribution in [2.45, 2.75) is 32.9 Å². The molecule has 3 aromatic heterocycles. The summed E-state index contributed by atoms with van der Waals surface area (Å²) in [5.41, 5.74) is 9.46. The van der Waals surface area contributed by atoms with E-state index in [1.807, 2.05) is 19.1 Å². The van der Waals surface area contributed by atoms with Gasteiger partial charge in [-0.25, -0.2) is 14.4 Å². The number of ether oxygens (including phenoxy) is 1. The molecule has 1 amide bonds. The van der Waals surface area contributed by atoms with Crippen LogP contribution in [0.5, 0.6) is 0 Å². The predicted octanol–water partition coefficient (Wildman–Crippen LogP) is 3.78. The number of hydrogen-bond acceptors (Lipinski definition) is 7. The number of unbranched alkanes of at least 4 members (excludes halogenated alkanes) is 1. The van der Waals surface area contributed by atoms with Gasteiger partial charge in [-0.3, -0.25) is 14.8 Å². The van der Waals surface area contributed by atoms with Crippen molar-refractivity contribution in [3.8, 4) is 0 Å². The van der Waals surface area contributed by atoms with Crippen molar-refractivity contribution in [3.05, 3.63) is 53.7 Å². The second-order valence-electron chi connectivity index (χ2n) is 7.67. The highest BCUT2D eigenvalue weighted by Gasteiger charge is 2.18. The van der Waals surface area contributed by atoms with Crippen molar-refractivity contribution < 1.29 is 13.9 Å². The Hall–Kier alpha value is -3.92. The van der Waals surface area contributed by atoms with E-state index in [-0.39, 0.29) is 11.6 Å². The quantitative estimate of drug-likeness (QED) is 0.273. The molecule has 0 aliphatic heterocycles. The molecule has 9 nitrogen and oxygen atoms in total. The summed E-state index contributed by atoms with van der Waals surface area (Å²) in [4.78, 5) is 29.6. The van der Waals surface area contributed by atoms with E-state index in [1.54, 1.807) is 6.20 Å². The molecule has 0 fully saturated rings. The van der Waals surface area contributed by atoms with Crippen LogP contribution in [0.25, 0.3) is 22.1 Å². The van der Waals surface area contributed by atoms with Crippen molar-refractivity contribution >= 4 is 46.2 Å². The number of nitrogens with two attached hydrogens (primary N) is 1. The zero-order valence-electron chi connectivity index (χ0n) is 18.9. The summed E-state index contributed by atoms with van der Waals surface area (Å²) < 4.78 is 21.3. The highest BCUT2D eigenvalue weighted by molar-refractivity contribution is 6.04. The number of hydrogen-bond donors (Lipinski definition) is 2. The molecular weight excluding hydrogens is 437 g/mol. The number of amides is 1. The normalized spacial score (nSPS) is 11.2. The third-order valence-corrected chi connectivity index (χ3v) is 5.45. The van der Waals surface area contributed by atoms with Gasteiger partial charge in [0.15, 0.2) is 5.82 Å². The van der Waals surface area contributed by atoms with Crippen LogP contribution in [0.1, 0.15) is 35.9 Å². The average Bonchev–Trinajstić information content (AvgIpc) is 3.22. The van der Waals surface area contributed by atoms with Gasteiger partial charge in [-0.2, -0.15) is 0 Å². The minimum absolute atomic E-state index is 0.0519. The monoisotopic (exact) mass is 463 g/mol. The fourth-order valence-electron chi connectivity index (χ4n) is 3.79. The first-order chi connectivity index (χ1) is 16.5. The van der Waals surface area contributed by atoms with E-state index >= 15 is 0 Å². The molecule has 0 atom stereocenters. The smallest absolute Gasteiger partial charge is 0.251 e. The number of aliphatic imine (C=N–C) groups is 1. The van der Waals surface area contributed by atoms with E-state index in [1.165, 1.54) is 18.2 Å². The van der Waals surface area contributed by atoms with Crippen LogP contribution in [0.2, 0.25) is 0 Å². The van der Waals surface area contributed by atoms with Crippen LogP contribution >= 0.6 is 0 Å². The Labute approximate surface area is 195 Å². The summed E-state index contributed by atoms with van der Waals surface area (Å²) in [6.07, 6.45) is 3.21. The first kappa shape index (κ1) is 23.2. The lowest BCUT2D eigenvalue weighted by Gasteiger charge is -2.11. The summed E-state index contributed by atoms with van der Waals surface area (Å²) in [7, 11) is 0. The minimum Gasteiger partial charge on any atom is -0.382 e. The molecule has 0 aliphatic rings. The number of nitrogens with zero attached hydrogens (tertiary/aromatic N) is 5. The molecule has 4 aromatic rings. The van der Waals surface area contributed by atoms with Gasteiger partial charge in [0.1, 0.15) is 34.8 Å². The van der Waals surface area contributed by atoms with Gasteiger partial charge in [0.2, 0.25) is 0 Å². The van der Waals surface area contributed by atoms with Gasteiger partial charge < -0.3 is 20.4 Å². The molecule has 0 unspecified atom stereocenters. The maximum atomic E-state index is 13.6. The second kappa shape index (κ2) is 10.3. The summed E-state index contributed by atoms with van der Waals surface area (Å²) in [6, 6.07) is 7.71. The van der Waals surface area contributed by atoms with Crippen molar-refractivity contribution in [2.75, 3.05) is 18.9 Å². The molecule has 0 saturated heterocycles. The van der Waals surface area contributed by atoms with Gasteiger partial charge in [-0.1, -0.05) is 0 Å². The highest BCUT2D eigenvalue weighted by Crippen LogP contribution is 2.28. The van der Waals surface area contributed by atoms with Gasteiger partial charge >= 0.3 is 0 Å². The summed E-state index contributed by atoms with van der Waals surface area (Å²) in [6.45, 7) is 7.27. The number of aromatic nitrogens is 4. The van der Waals surface area contributed by atoms with Crippen LogP contribution in [0.3, 0.4) is 0 Å². The molecule has 3 heterocycles. The first-order valence-electron chi connectivity index (χ1n) is 11.0. The van der Waals surface area contributed by atoms with E-state index < -0.39 is 5.82 Å². The number of imidazole rings is 1. The Balaban J connectivity index is 1.47. The van der Waals surface area contributed by atoms with Crippen LogP contribution in [-0.2, 0) is 17.9 Å². The third-order valence-electron chi connectivity index (χ3n) is 5.45. The molecule has 0 aliphatic carbocycles. The number of nitrogen functional groups attached to an aromatic ring is 1. The molecule has 0 saturated carbocycles. The van der Waals surface area contributed by atoms with E-state index in [0.29, 0.717) is 48.7 Å². The lowest BCUT2D eigenvalue weighted by atomic mass is 10.2. The van der Waals surface area contributed by atoms with Gasteiger partial charge in [0, 0.05) is 31.5 Å². The average molecular weight is 464 g/mol. The number of pyridine rings is 2. The summed E-state index contributed by atoms with van der Waals surface area (Å²) >= 11 is 0. The van der Waals surface area contributed by atoms with Gasteiger partial charge in [-0.05, 0) is 56.8 Å². The van der Waals surface area contributed by atoms with Crippen LogP contribution in [0, 0.1) is 5.82 Å². The Kier molecular flexibility index (Phi) is 7.07. The van der Waals surface area contributed by atoms with E-state index in [9.17, 15) is 9.18 Å². The summed E-state index contributed by atoms with van der Waals surface area (Å²) in [5, 5.41) is 2.86. The topological polar surface area (TPSA) is 120 Å². The molecule has 4 rings (SSSR count). The molecule has 10 heteroatoms. The number of anilines is 1. The maximum Gasteiger partial charge on any atom is 0.251 e. The molecular formula is C24H26FN7O2. The van der Waals surface area contributed by atoms with E-state index in [4.69, 9.17) is 10.5 Å². The molecule has 0 bridgehead atoms. The van der Waals surface area contributed by atoms with Crippen LogP contribution in [0.15, 0.2) is 41.5 Å². The number of rotatable bonds is 10. The fourth-order valence-corrected chi connectivity index (χ4v) is 3.79. The Morgan fingerprint density at radius 1 is 1.26 bits per heavy atom. The minimum atomic E-state index is -0.514. The van der Waals surface area contributed by atoms with Gasteiger partial charge in [-0.15, -0.1) is 0 Å². The van der Waals surface area contributed by atoms with Gasteiger partial charge in [0.05, 0.1) is 11.2 Å². The standard InChI is InChI=1S/C24H26FN7O2/c1-3-34-14-19-31-21-22(20-17(30-23(21)26)7-6-11-28-20)32(19)12-5-4-10-29-24(33)15-8-9-16(25)18(13-15)27-2/h6-9,11,13H,2-5,10,12,14H2,1H3,(H2,26,30)(H,29,33). The first-order valence-corrected chi connectivity index (χ1v) is 11.0. The van der Waals surface area contributed by atoms with Crippen molar-refractivity contribution in [1.82, 2.24) is 24.8 Å². The molecule has 0 radical (unpaired) electrons. The largest absolute Gasteiger partial charge is 0.382 e. The molecule has 1 aromatic carbocycles. The number of carbonyl (C=O) groups excluding carboxylic acids is 1. The number of carbonyl (C=O) groups is 1. The maximum absolute atomic E-state index is 13.6. The predicted molar refractivity (Wildman–Crippen MR) is 130 cm³/mol. The molecule has 3 N–H and O–H groups in total. The SMILES string of the molecule is C=Nc1cc(C(=O)NCCCCn2c(COCC)nc3c(N)nc4cccnc4c32)ccc1F. The number of halogens is 1. The van der Waals surface area contributed by atoms with Crippen LogP contribution in [0.4, 0.5) is 15.9 Å². The molecule has 176 valence electrons. The van der Waals surface area contributed by atoms with E-state index in [0.717, 1.165) is 29.7 Å². The van der Waals surface area contributed by atoms with Gasteiger partial charge in [0.25, 0.3) is 5.91 Å². The lowest BCUT2D eigenvalue weighted by molar-refractivity contribution is 0.0953. The Morgan fingerprint density at radius 3 is 2.91 bits per heavy atom. The van der Waals surface area contributed by atoms with Crippen molar-refractivity contribution in [3.63, 3.8) is 0 Å². The number of fused-ring (bicyclic) bond motifs is 3. The lowest BCUT2D eigenvalue weighted by Crippen LogP contribution is -2.24. The summed E-state index contributed by atoms with van der Waals surface area (Å²) in [5.74, 6) is 0.305. The second-order valence-corrected chi connectivity index (χ2v) is 7.67. The molecule has 34 heavy (non-hydrogen) atoms.